The third-order valence-corrected chi connectivity index (χ3v) is 5.54. The number of hydrogen-bond donors (Lipinski definition) is 5. The van der Waals surface area contributed by atoms with Gasteiger partial charge in [0.2, 0.25) is 0 Å². The normalized spacial score (nSPS) is 28.1. The molecule has 10 heteroatoms. The van der Waals surface area contributed by atoms with Crippen molar-refractivity contribution in [1.82, 2.24) is 9.97 Å². The summed E-state index contributed by atoms with van der Waals surface area (Å²) in [6.45, 7) is -0.526. The van der Waals surface area contributed by atoms with Gasteiger partial charge in [0.1, 0.15) is 34.5 Å². The Balaban J connectivity index is 0.000000190. The molecule has 26 heavy (non-hydrogen) atoms. The highest BCUT2D eigenvalue weighted by Crippen LogP contribution is 2.34. The molecule has 5 atom stereocenters. The van der Waals surface area contributed by atoms with Crippen molar-refractivity contribution in [3.8, 4) is 0 Å². The van der Waals surface area contributed by atoms with E-state index in [4.69, 9.17) is 25.5 Å². The summed E-state index contributed by atoms with van der Waals surface area (Å²) in [7, 11) is 3.23. The molecule has 0 saturated carbocycles. The number of rotatable bonds is 4. The van der Waals surface area contributed by atoms with Crippen molar-refractivity contribution in [2.75, 3.05) is 6.61 Å². The fourth-order valence-electron chi connectivity index (χ4n) is 1.96. The standard InChI is InChI=1S/C10H8N2S2.C6H12O6/c1-3-7-11-9(5-1)13-14-10-6-2-4-8-12-10;7-1-2-3(8)4(9)5(10)6(11)12-2/h1-8H;2-11H,1H2/t;2-,3+,4+,5-,6-/m.1/s1. The monoisotopic (exact) mass is 400 g/mol. The van der Waals surface area contributed by atoms with Crippen molar-refractivity contribution in [1.29, 1.82) is 0 Å². The molecular weight excluding hydrogens is 380 g/mol. The Hall–Kier alpha value is -1.24. The molecule has 0 aliphatic carbocycles. The molecule has 0 unspecified atom stereocenters. The second kappa shape index (κ2) is 10.8. The van der Waals surface area contributed by atoms with Crippen LogP contribution < -0.4 is 0 Å². The Kier molecular flexibility index (Phi) is 8.75. The van der Waals surface area contributed by atoms with Crippen molar-refractivity contribution < 1.29 is 30.3 Å². The van der Waals surface area contributed by atoms with Crippen molar-refractivity contribution in [2.45, 2.75) is 40.8 Å². The van der Waals surface area contributed by atoms with Gasteiger partial charge in [0.15, 0.2) is 6.29 Å². The highest BCUT2D eigenvalue weighted by Gasteiger charge is 2.42. The van der Waals surface area contributed by atoms with Crippen LogP contribution in [0.15, 0.2) is 58.8 Å². The summed E-state index contributed by atoms with van der Waals surface area (Å²) >= 11 is 0. The van der Waals surface area contributed by atoms with E-state index < -0.39 is 37.3 Å². The summed E-state index contributed by atoms with van der Waals surface area (Å²) in [5, 5.41) is 46.7. The Labute approximate surface area is 158 Å². The first-order valence-corrected chi connectivity index (χ1v) is 9.83. The minimum Gasteiger partial charge on any atom is -0.394 e. The zero-order chi connectivity index (χ0) is 18.9. The maximum Gasteiger partial charge on any atom is 0.184 e. The average Bonchev–Trinajstić information content (AvgIpc) is 2.69. The van der Waals surface area contributed by atoms with Crippen molar-refractivity contribution in [3.63, 3.8) is 0 Å². The molecule has 8 nitrogen and oxygen atoms in total. The molecular formula is C16H20N2O6S2. The fourth-order valence-corrected chi connectivity index (χ4v) is 3.71. The van der Waals surface area contributed by atoms with Gasteiger partial charge in [0, 0.05) is 12.4 Å². The van der Waals surface area contributed by atoms with Crippen LogP contribution in [-0.2, 0) is 4.74 Å². The van der Waals surface area contributed by atoms with E-state index in [0.717, 1.165) is 10.1 Å². The third kappa shape index (κ3) is 6.18. The lowest BCUT2D eigenvalue weighted by atomic mass is 10.00. The van der Waals surface area contributed by atoms with Crippen LogP contribution >= 0.6 is 21.6 Å². The zero-order valence-corrected chi connectivity index (χ0v) is 15.2. The molecule has 1 fully saturated rings. The van der Waals surface area contributed by atoms with E-state index in [1.165, 1.54) is 0 Å². The lowest BCUT2D eigenvalue weighted by Crippen LogP contribution is -2.58. The second-order valence-electron chi connectivity index (χ2n) is 5.22. The van der Waals surface area contributed by atoms with Crippen LogP contribution in [0.5, 0.6) is 0 Å². The zero-order valence-electron chi connectivity index (χ0n) is 13.6. The Morgan fingerprint density at radius 1 is 0.808 bits per heavy atom. The topological polar surface area (TPSA) is 136 Å². The smallest absolute Gasteiger partial charge is 0.184 e. The Bertz CT molecular complexity index is 595. The maximum atomic E-state index is 9.12. The fraction of sp³-hybridized carbons (Fsp3) is 0.375. The van der Waals surface area contributed by atoms with Gasteiger partial charge >= 0.3 is 0 Å². The van der Waals surface area contributed by atoms with Crippen LogP contribution in [0.4, 0.5) is 0 Å². The molecule has 0 spiro atoms. The quantitative estimate of drug-likeness (QED) is 0.448. The summed E-state index contributed by atoms with van der Waals surface area (Å²) in [5.74, 6) is 0. The molecule has 0 bridgehead atoms. The molecule has 0 radical (unpaired) electrons. The molecule has 3 rings (SSSR count). The van der Waals surface area contributed by atoms with Gasteiger partial charge in [0.25, 0.3) is 0 Å². The number of nitrogens with zero attached hydrogens (tertiary/aromatic N) is 2. The first kappa shape index (κ1) is 21.1. The summed E-state index contributed by atoms with van der Waals surface area (Å²) in [5.41, 5.74) is 0. The molecule has 1 aliphatic heterocycles. The molecule has 1 aliphatic rings. The van der Waals surface area contributed by atoms with Gasteiger partial charge in [-0.15, -0.1) is 0 Å². The lowest BCUT2D eigenvalue weighted by molar-refractivity contribution is -0.286. The first-order valence-electron chi connectivity index (χ1n) is 7.68. The Morgan fingerprint density at radius 3 is 1.77 bits per heavy atom. The molecule has 3 heterocycles. The highest BCUT2D eigenvalue weighted by molar-refractivity contribution is 8.76. The molecule has 2 aromatic heterocycles. The van der Waals surface area contributed by atoms with Crippen molar-refractivity contribution in [3.05, 3.63) is 48.8 Å². The number of aromatic nitrogens is 2. The van der Waals surface area contributed by atoms with Crippen molar-refractivity contribution in [2.24, 2.45) is 0 Å². The predicted octanol–water partition coefficient (Wildman–Crippen LogP) is 0.0546. The number of hydrogen-bond acceptors (Lipinski definition) is 10. The summed E-state index contributed by atoms with van der Waals surface area (Å²) in [6.07, 6.45) is -3.45. The molecule has 142 valence electrons. The summed E-state index contributed by atoms with van der Waals surface area (Å²) in [6, 6.07) is 11.8. The minimum atomic E-state index is -1.57. The molecule has 0 aromatic carbocycles. The molecule has 5 N–H and O–H groups in total. The minimum absolute atomic E-state index is 0.526. The van der Waals surface area contributed by atoms with Gasteiger partial charge in [-0.1, -0.05) is 12.1 Å². The van der Waals surface area contributed by atoms with E-state index in [-0.39, 0.29) is 0 Å². The van der Waals surface area contributed by atoms with E-state index in [1.807, 2.05) is 36.4 Å². The number of ether oxygens (including phenoxy) is 1. The van der Waals surface area contributed by atoms with E-state index in [1.54, 1.807) is 34.0 Å². The van der Waals surface area contributed by atoms with Crippen molar-refractivity contribution >= 4 is 21.6 Å². The highest BCUT2D eigenvalue weighted by atomic mass is 33.1. The van der Waals surface area contributed by atoms with Gasteiger partial charge in [-0.05, 0) is 45.9 Å². The van der Waals surface area contributed by atoms with Crippen LogP contribution in [0.1, 0.15) is 0 Å². The van der Waals surface area contributed by atoms with Gasteiger partial charge in [-0.25, -0.2) is 9.97 Å². The number of aliphatic hydroxyl groups excluding tert-OH is 5. The second-order valence-corrected chi connectivity index (χ2v) is 7.39. The summed E-state index contributed by atoms with van der Waals surface area (Å²) < 4.78 is 4.58. The van der Waals surface area contributed by atoms with E-state index in [0.29, 0.717) is 0 Å². The van der Waals surface area contributed by atoms with Crippen LogP contribution in [-0.4, -0.2) is 72.8 Å². The molecule has 2 aromatic rings. The Morgan fingerprint density at radius 2 is 1.35 bits per heavy atom. The van der Waals surface area contributed by atoms with Gasteiger partial charge < -0.3 is 30.3 Å². The SMILES string of the molecule is OC[C@H]1O[C@@H](O)[C@H](O)[C@@H](O)[C@H]1O.c1ccc(SSc2ccccn2)nc1. The van der Waals surface area contributed by atoms with E-state index in [9.17, 15) is 0 Å². The van der Waals surface area contributed by atoms with Crippen LogP contribution in [0.25, 0.3) is 0 Å². The largest absolute Gasteiger partial charge is 0.394 e. The summed E-state index contributed by atoms with van der Waals surface area (Å²) in [4.78, 5) is 8.42. The van der Waals surface area contributed by atoms with Crippen LogP contribution in [0, 0.1) is 0 Å². The third-order valence-electron chi connectivity index (χ3n) is 3.35. The van der Waals surface area contributed by atoms with Gasteiger partial charge in [-0.3, -0.25) is 0 Å². The maximum absolute atomic E-state index is 9.12. The van der Waals surface area contributed by atoms with E-state index >= 15 is 0 Å². The lowest BCUT2D eigenvalue weighted by Gasteiger charge is -2.37. The number of pyridine rings is 2. The predicted molar refractivity (Wildman–Crippen MR) is 96.2 cm³/mol. The van der Waals surface area contributed by atoms with E-state index in [2.05, 4.69) is 14.7 Å². The average molecular weight is 400 g/mol. The number of aliphatic hydroxyl groups is 5. The molecule has 0 amide bonds. The molecule has 1 saturated heterocycles. The van der Waals surface area contributed by atoms with Crippen LogP contribution in [0.2, 0.25) is 0 Å². The van der Waals surface area contributed by atoms with Gasteiger partial charge in [-0.2, -0.15) is 0 Å². The van der Waals surface area contributed by atoms with Crippen LogP contribution in [0.3, 0.4) is 0 Å². The first-order chi connectivity index (χ1) is 12.5. The van der Waals surface area contributed by atoms with Gasteiger partial charge in [0.05, 0.1) is 6.61 Å².